The van der Waals surface area contributed by atoms with Gasteiger partial charge in [0.2, 0.25) is 0 Å². The van der Waals surface area contributed by atoms with Crippen molar-refractivity contribution < 1.29 is 0 Å². The van der Waals surface area contributed by atoms with Gasteiger partial charge in [-0.25, -0.2) is 0 Å². The van der Waals surface area contributed by atoms with Crippen LogP contribution in [0, 0.1) is 0 Å². The van der Waals surface area contributed by atoms with Gasteiger partial charge in [0.25, 0.3) is 0 Å². The molecule has 2 aromatic heterocycles. The Kier molecular flexibility index (Phi) is 3.02. The minimum absolute atomic E-state index is 0.0970. The molecule has 16 heavy (non-hydrogen) atoms. The van der Waals surface area contributed by atoms with E-state index in [1.165, 1.54) is 0 Å². The summed E-state index contributed by atoms with van der Waals surface area (Å²) in [5.74, 6) is 0. The molecular weight excluding hydrogens is 222 g/mol. The largest absolute Gasteiger partial charge is 0.306 e. The Bertz CT molecular complexity index is 440. The van der Waals surface area contributed by atoms with Crippen molar-refractivity contribution in [3.05, 3.63) is 17.3 Å². The van der Waals surface area contributed by atoms with Crippen LogP contribution in [-0.2, 0) is 6.54 Å². The molecule has 86 valence electrons. The van der Waals surface area contributed by atoms with Crippen molar-refractivity contribution in [1.29, 1.82) is 0 Å². The second-order valence-electron chi connectivity index (χ2n) is 4.57. The van der Waals surface area contributed by atoms with E-state index in [1.54, 1.807) is 17.5 Å². The van der Waals surface area contributed by atoms with Gasteiger partial charge in [-0.15, -0.1) is 10.2 Å². The highest BCUT2D eigenvalue weighted by Gasteiger charge is 2.12. The molecule has 0 amide bonds. The molecule has 2 N–H and O–H groups in total. The maximum Gasteiger partial charge on any atom is 0.165 e. The first-order valence-corrected chi connectivity index (χ1v) is 5.93. The number of nitrogens with zero attached hydrogens (tertiary/aromatic N) is 3. The summed E-state index contributed by atoms with van der Waals surface area (Å²) < 4.78 is 0. The zero-order chi connectivity index (χ0) is 11.6. The molecule has 2 aromatic rings. The molecule has 0 aliphatic rings. The van der Waals surface area contributed by atoms with Gasteiger partial charge in [0.15, 0.2) is 5.01 Å². The van der Waals surface area contributed by atoms with E-state index in [1.807, 2.05) is 6.07 Å². The van der Waals surface area contributed by atoms with Gasteiger partial charge < -0.3 is 5.32 Å². The van der Waals surface area contributed by atoms with Gasteiger partial charge in [-0.05, 0) is 26.8 Å². The SMILES string of the molecule is CC(C)(C)NCc1nnc(-c2ccn[nH]2)s1. The summed E-state index contributed by atoms with van der Waals surface area (Å²) in [7, 11) is 0. The molecule has 2 rings (SSSR count). The van der Waals surface area contributed by atoms with E-state index in [9.17, 15) is 0 Å². The molecule has 2 heterocycles. The van der Waals surface area contributed by atoms with E-state index >= 15 is 0 Å². The van der Waals surface area contributed by atoms with Crippen LogP contribution in [0.3, 0.4) is 0 Å². The topological polar surface area (TPSA) is 66.5 Å². The number of aromatic nitrogens is 4. The quantitative estimate of drug-likeness (QED) is 0.854. The highest BCUT2D eigenvalue weighted by atomic mass is 32.1. The molecule has 0 bridgehead atoms. The Hall–Kier alpha value is -1.27. The molecule has 5 nitrogen and oxygen atoms in total. The average Bonchev–Trinajstić information content (AvgIpc) is 2.84. The van der Waals surface area contributed by atoms with Gasteiger partial charge in [-0.3, -0.25) is 5.10 Å². The molecule has 0 aromatic carbocycles. The number of H-pyrrole nitrogens is 1. The number of aromatic amines is 1. The smallest absolute Gasteiger partial charge is 0.165 e. The molecule has 6 heteroatoms. The normalized spacial score (nSPS) is 11.9. The summed E-state index contributed by atoms with van der Waals surface area (Å²) in [5.41, 5.74) is 1.01. The third-order valence-corrected chi connectivity index (χ3v) is 2.92. The lowest BCUT2D eigenvalue weighted by molar-refractivity contribution is 0.423. The van der Waals surface area contributed by atoms with E-state index in [0.717, 1.165) is 22.3 Å². The fourth-order valence-corrected chi connectivity index (χ4v) is 1.90. The van der Waals surface area contributed by atoms with E-state index in [0.29, 0.717) is 0 Å². The van der Waals surface area contributed by atoms with Crippen LogP contribution >= 0.6 is 11.3 Å². The van der Waals surface area contributed by atoms with Crippen LogP contribution in [0.4, 0.5) is 0 Å². The maximum atomic E-state index is 4.13. The third-order valence-electron chi connectivity index (χ3n) is 1.97. The van der Waals surface area contributed by atoms with E-state index in [4.69, 9.17) is 0 Å². The van der Waals surface area contributed by atoms with Crippen LogP contribution in [0.5, 0.6) is 0 Å². The highest BCUT2D eigenvalue weighted by Crippen LogP contribution is 2.20. The lowest BCUT2D eigenvalue weighted by Crippen LogP contribution is -2.35. The van der Waals surface area contributed by atoms with E-state index in [-0.39, 0.29) is 5.54 Å². The molecular formula is C10H15N5S. The number of rotatable bonds is 3. The zero-order valence-corrected chi connectivity index (χ0v) is 10.4. The van der Waals surface area contributed by atoms with Crippen molar-refractivity contribution in [2.24, 2.45) is 0 Å². The van der Waals surface area contributed by atoms with Gasteiger partial charge in [-0.2, -0.15) is 5.10 Å². The van der Waals surface area contributed by atoms with Crippen LogP contribution in [-0.4, -0.2) is 25.9 Å². The molecule has 0 spiro atoms. The third kappa shape index (κ3) is 2.86. The number of hydrogen-bond donors (Lipinski definition) is 2. The molecule has 0 unspecified atom stereocenters. The Morgan fingerprint density at radius 1 is 1.38 bits per heavy atom. The van der Waals surface area contributed by atoms with Gasteiger partial charge in [0.1, 0.15) is 5.01 Å². The number of nitrogens with one attached hydrogen (secondary N) is 2. The van der Waals surface area contributed by atoms with Crippen molar-refractivity contribution in [2.75, 3.05) is 0 Å². The van der Waals surface area contributed by atoms with Crippen LogP contribution in [0.1, 0.15) is 25.8 Å². The van der Waals surface area contributed by atoms with Gasteiger partial charge >= 0.3 is 0 Å². The van der Waals surface area contributed by atoms with E-state index < -0.39 is 0 Å². The summed E-state index contributed by atoms with van der Waals surface area (Å²) in [4.78, 5) is 0. The summed E-state index contributed by atoms with van der Waals surface area (Å²) in [6, 6.07) is 1.89. The summed E-state index contributed by atoms with van der Waals surface area (Å²) >= 11 is 1.58. The Balaban J connectivity index is 2.03. The Labute approximate surface area is 98.3 Å². The van der Waals surface area contributed by atoms with Crippen LogP contribution < -0.4 is 5.32 Å². The molecule has 0 aliphatic heterocycles. The lowest BCUT2D eigenvalue weighted by Gasteiger charge is -2.19. The van der Waals surface area contributed by atoms with Crippen LogP contribution in [0.2, 0.25) is 0 Å². The van der Waals surface area contributed by atoms with Gasteiger partial charge in [-0.1, -0.05) is 11.3 Å². The zero-order valence-electron chi connectivity index (χ0n) is 9.61. The first-order chi connectivity index (χ1) is 7.54. The van der Waals surface area contributed by atoms with Crippen molar-refractivity contribution in [3.63, 3.8) is 0 Å². The van der Waals surface area contributed by atoms with Crippen molar-refractivity contribution in [3.8, 4) is 10.7 Å². The van der Waals surface area contributed by atoms with Crippen molar-refractivity contribution in [1.82, 2.24) is 25.7 Å². The van der Waals surface area contributed by atoms with Gasteiger partial charge in [0.05, 0.1) is 12.2 Å². The van der Waals surface area contributed by atoms with Crippen molar-refractivity contribution in [2.45, 2.75) is 32.9 Å². The predicted molar refractivity (Wildman–Crippen MR) is 64.1 cm³/mol. The average molecular weight is 237 g/mol. The molecule has 0 aliphatic carbocycles. The second kappa shape index (κ2) is 4.31. The first kappa shape index (κ1) is 11.2. The monoisotopic (exact) mass is 237 g/mol. The fourth-order valence-electron chi connectivity index (χ4n) is 1.15. The predicted octanol–water partition coefficient (Wildman–Crippen LogP) is 1.82. The Morgan fingerprint density at radius 2 is 2.19 bits per heavy atom. The van der Waals surface area contributed by atoms with Crippen molar-refractivity contribution >= 4 is 11.3 Å². The van der Waals surface area contributed by atoms with Crippen LogP contribution in [0.15, 0.2) is 12.3 Å². The summed E-state index contributed by atoms with van der Waals surface area (Å²) in [6.45, 7) is 7.13. The first-order valence-electron chi connectivity index (χ1n) is 5.12. The minimum atomic E-state index is 0.0970. The fraction of sp³-hybridized carbons (Fsp3) is 0.500. The highest BCUT2D eigenvalue weighted by molar-refractivity contribution is 7.14. The van der Waals surface area contributed by atoms with Gasteiger partial charge in [0, 0.05) is 11.7 Å². The summed E-state index contributed by atoms with van der Waals surface area (Å²) in [5, 5.41) is 20.3. The molecule has 0 atom stereocenters. The second-order valence-corrected chi connectivity index (χ2v) is 5.64. The summed E-state index contributed by atoms with van der Waals surface area (Å²) in [6.07, 6.45) is 1.71. The molecule has 0 radical (unpaired) electrons. The standard InChI is InChI=1S/C10H15N5S/c1-10(2,3)11-6-8-14-15-9(16-8)7-4-5-12-13-7/h4-5,11H,6H2,1-3H3,(H,12,13). The molecule has 0 saturated carbocycles. The maximum absolute atomic E-state index is 4.13. The molecule has 0 fully saturated rings. The number of hydrogen-bond acceptors (Lipinski definition) is 5. The minimum Gasteiger partial charge on any atom is -0.306 e. The molecule has 0 saturated heterocycles. The van der Waals surface area contributed by atoms with E-state index in [2.05, 4.69) is 46.5 Å². The lowest BCUT2D eigenvalue weighted by atomic mass is 10.1. The van der Waals surface area contributed by atoms with Crippen LogP contribution in [0.25, 0.3) is 10.7 Å². The Morgan fingerprint density at radius 3 is 2.81 bits per heavy atom.